The van der Waals surface area contributed by atoms with Gasteiger partial charge in [0.05, 0.1) is 0 Å². The van der Waals surface area contributed by atoms with Gasteiger partial charge in [0.2, 0.25) is 0 Å². The van der Waals surface area contributed by atoms with Gasteiger partial charge in [0.25, 0.3) is 6.26 Å². The van der Waals surface area contributed by atoms with Crippen molar-refractivity contribution in [1.29, 1.82) is 5.26 Å². The summed E-state index contributed by atoms with van der Waals surface area (Å²) in [4.78, 5) is 0. The van der Waals surface area contributed by atoms with Crippen molar-refractivity contribution in [2.45, 2.75) is 6.92 Å². The average molecular weight is 291 g/mol. The summed E-state index contributed by atoms with van der Waals surface area (Å²) in [5, 5.41) is 8.27. The molecule has 0 aromatic heterocycles. The average Bonchev–Trinajstić information content (AvgIpc) is 2.01. The van der Waals surface area contributed by atoms with E-state index < -0.39 is 0 Å². The van der Waals surface area contributed by atoms with Crippen LogP contribution >= 0.6 is 31.9 Å². The fourth-order valence-corrected chi connectivity index (χ4v) is 1.88. The fourth-order valence-electron chi connectivity index (χ4n) is 0.734. The summed E-state index contributed by atoms with van der Waals surface area (Å²) >= 11 is 6.69. The van der Waals surface area contributed by atoms with Crippen molar-refractivity contribution < 1.29 is 4.74 Å². The highest BCUT2D eigenvalue weighted by atomic mass is 79.9. The molecule has 0 aliphatic rings. The minimum Gasteiger partial charge on any atom is -0.388 e. The van der Waals surface area contributed by atoms with Gasteiger partial charge in [0.15, 0.2) is 0 Å². The first kappa shape index (κ1) is 9.56. The number of hydrogen-bond donors (Lipinski definition) is 0. The van der Waals surface area contributed by atoms with Gasteiger partial charge in [-0.15, -0.1) is 5.26 Å². The van der Waals surface area contributed by atoms with Gasteiger partial charge in [-0.05, 0) is 24.6 Å². The van der Waals surface area contributed by atoms with Gasteiger partial charge in [0.1, 0.15) is 5.75 Å². The van der Waals surface area contributed by atoms with Crippen LogP contribution in [0, 0.1) is 18.4 Å². The van der Waals surface area contributed by atoms with E-state index in [1.807, 2.05) is 6.92 Å². The summed E-state index contributed by atoms with van der Waals surface area (Å²) in [5.41, 5.74) is 1.08. The molecule has 0 N–H and O–H groups in total. The summed E-state index contributed by atoms with van der Waals surface area (Å²) in [6.45, 7) is 1.96. The first-order valence-corrected chi connectivity index (χ1v) is 4.75. The van der Waals surface area contributed by atoms with Crippen molar-refractivity contribution in [1.82, 2.24) is 0 Å². The zero-order chi connectivity index (χ0) is 9.14. The lowest BCUT2D eigenvalue weighted by molar-refractivity contribution is 0.506. The third-order valence-corrected chi connectivity index (χ3v) is 3.07. The van der Waals surface area contributed by atoms with Crippen LogP contribution in [-0.4, -0.2) is 0 Å². The van der Waals surface area contributed by atoms with Crippen LogP contribution in [0.4, 0.5) is 0 Å². The molecule has 0 saturated carbocycles. The predicted octanol–water partition coefficient (Wildman–Crippen LogP) is 3.38. The second kappa shape index (κ2) is 3.92. The summed E-state index contributed by atoms with van der Waals surface area (Å²) < 4.78 is 6.51. The Morgan fingerprint density at radius 1 is 1.33 bits per heavy atom. The van der Waals surface area contributed by atoms with Crippen LogP contribution < -0.4 is 4.74 Å². The zero-order valence-corrected chi connectivity index (χ0v) is 9.44. The monoisotopic (exact) mass is 289 g/mol. The Morgan fingerprint density at radius 3 is 2.25 bits per heavy atom. The second-order valence-corrected chi connectivity index (χ2v) is 3.91. The number of halogens is 2. The number of nitrogens with zero attached hydrogens (tertiary/aromatic N) is 1. The summed E-state index contributed by atoms with van der Waals surface area (Å²) in [7, 11) is 0. The van der Waals surface area contributed by atoms with Crippen LogP contribution in [0.2, 0.25) is 0 Å². The summed E-state index contributed by atoms with van der Waals surface area (Å²) in [6.07, 6.45) is 1.62. The molecule has 0 aliphatic carbocycles. The van der Waals surface area contributed by atoms with Crippen molar-refractivity contribution in [3.8, 4) is 12.0 Å². The molecular formula is C8H5Br2NO. The normalized spacial score (nSPS) is 9.17. The molecule has 0 radical (unpaired) electrons. The van der Waals surface area contributed by atoms with E-state index in [1.165, 1.54) is 0 Å². The molecule has 1 aromatic rings. The Morgan fingerprint density at radius 2 is 1.83 bits per heavy atom. The van der Waals surface area contributed by atoms with Crippen molar-refractivity contribution >= 4 is 31.9 Å². The Labute approximate surface area is 87.4 Å². The van der Waals surface area contributed by atoms with E-state index in [0.717, 1.165) is 14.5 Å². The number of rotatable bonds is 1. The van der Waals surface area contributed by atoms with Gasteiger partial charge in [-0.1, -0.05) is 31.9 Å². The fraction of sp³-hybridized carbons (Fsp3) is 0.125. The maximum Gasteiger partial charge on any atom is 0.292 e. The molecule has 0 saturated heterocycles. The second-order valence-electron chi connectivity index (χ2n) is 2.21. The first-order valence-electron chi connectivity index (χ1n) is 3.16. The minimum absolute atomic E-state index is 0.529. The van der Waals surface area contributed by atoms with E-state index in [4.69, 9.17) is 5.26 Å². The highest BCUT2D eigenvalue weighted by Crippen LogP contribution is 2.29. The summed E-state index contributed by atoms with van der Waals surface area (Å²) in [5.74, 6) is 0.529. The number of hydrogen-bond acceptors (Lipinski definition) is 2. The Hall–Kier alpha value is -0.530. The molecule has 2 nitrogen and oxygen atoms in total. The molecule has 0 atom stereocenters. The van der Waals surface area contributed by atoms with Crippen LogP contribution in [-0.2, 0) is 0 Å². The molecule has 0 fully saturated rings. The maximum absolute atomic E-state index is 8.27. The number of nitriles is 1. The van der Waals surface area contributed by atoms with Gasteiger partial charge in [-0.25, -0.2) is 0 Å². The summed E-state index contributed by atoms with van der Waals surface area (Å²) in [6, 6.07) is 3.51. The largest absolute Gasteiger partial charge is 0.388 e. The highest BCUT2D eigenvalue weighted by Gasteiger charge is 2.03. The molecule has 0 amide bonds. The van der Waals surface area contributed by atoms with Gasteiger partial charge < -0.3 is 4.74 Å². The van der Waals surface area contributed by atoms with Crippen molar-refractivity contribution in [3.63, 3.8) is 0 Å². The zero-order valence-electron chi connectivity index (χ0n) is 6.27. The third-order valence-electron chi connectivity index (χ3n) is 1.42. The van der Waals surface area contributed by atoms with Crippen molar-refractivity contribution in [3.05, 3.63) is 26.6 Å². The first-order chi connectivity index (χ1) is 5.65. The van der Waals surface area contributed by atoms with E-state index in [-0.39, 0.29) is 0 Å². The smallest absolute Gasteiger partial charge is 0.292 e. The molecule has 0 bridgehead atoms. The van der Waals surface area contributed by atoms with E-state index in [9.17, 15) is 0 Å². The topological polar surface area (TPSA) is 33.0 Å². The molecule has 1 aromatic carbocycles. The van der Waals surface area contributed by atoms with Crippen molar-refractivity contribution in [2.75, 3.05) is 0 Å². The molecule has 0 aliphatic heterocycles. The van der Waals surface area contributed by atoms with Crippen LogP contribution in [0.15, 0.2) is 21.1 Å². The van der Waals surface area contributed by atoms with Gasteiger partial charge in [0, 0.05) is 8.95 Å². The molecule has 0 unspecified atom stereocenters. The lowest BCUT2D eigenvalue weighted by Crippen LogP contribution is -1.84. The van der Waals surface area contributed by atoms with E-state index >= 15 is 0 Å². The van der Waals surface area contributed by atoms with Gasteiger partial charge in [-0.2, -0.15) is 0 Å². The van der Waals surface area contributed by atoms with E-state index in [2.05, 4.69) is 36.6 Å². The number of benzene rings is 1. The van der Waals surface area contributed by atoms with Gasteiger partial charge in [-0.3, -0.25) is 0 Å². The highest BCUT2D eigenvalue weighted by molar-refractivity contribution is 9.11. The minimum atomic E-state index is 0.529. The lowest BCUT2D eigenvalue weighted by atomic mass is 10.2. The lowest BCUT2D eigenvalue weighted by Gasteiger charge is -2.03. The predicted molar refractivity (Wildman–Crippen MR) is 52.8 cm³/mol. The Balaban J connectivity index is 3.14. The molecule has 0 heterocycles. The van der Waals surface area contributed by atoms with Crippen LogP contribution in [0.3, 0.4) is 0 Å². The molecule has 0 spiro atoms. The quantitative estimate of drug-likeness (QED) is 0.743. The standard InChI is InChI=1S/C8H5Br2NO/c1-5-7(9)2-6(12-4-11)3-8(5)10/h2-3H,1H3. The van der Waals surface area contributed by atoms with E-state index in [0.29, 0.717) is 5.75 Å². The van der Waals surface area contributed by atoms with E-state index in [1.54, 1.807) is 18.4 Å². The molecule has 12 heavy (non-hydrogen) atoms. The number of ether oxygens (including phenoxy) is 1. The Kier molecular flexibility index (Phi) is 3.12. The van der Waals surface area contributed by atoms with Gasteiger partial charge >= 0.3 is 0 Å². The van der Waals surface area contributed by atoms with Crippen molar-refractivity contribution in [2.24, 2.45) is 0 Å². The SMILES string of the molecule is Cc1c(Br)cc(OC#N)cc1Br. The maximum atomic E-state index is 8.27. The molecule has 1 rings (SSSR count). The third kappa shape index (κ3) is 1.99. The van der Waals surface area contributed by atoms with Crippen LogP contribution in [0.25, 0.3) is 0 Å². The molecule has 62 valence electrons. The molecule has 4 heteroatoms. The van der Waals surface area contributed by atoms with Crippen LogP contribution in [0.1, 0.15) is 5.56 Å². The Bertz CT molecular complexity index is 320. The molecular weight excluding hydrogens is 286 g/mol. The van der Waals surface area contributed by atoms with Crippen LogP contribution in [0.5, 0.6) is 5.75 Å².